The Balaban J connectivity index is 1.86. The number of hydrogen-bond acceptors (Lipinski definition) is 4. The van der Waals surface area contributed by atoms with Crippen LogP contribution in [0.3, 0.4) is 0 Å². The molecular formula is C15H14F2N4O. The number of rotatable bonds is 4. The van der Waals surface area contributed by atoms with Gasteiger partial charge in [-0.25, -0.2) is 13.8 Å². The van der Waals surface area contributed by atoms with Gasteiger partial charge in [0.25, 0.3) is 0 Å². The first-order valence-corrected chi connectivity index (χ1v) is 6.68. The molecule has 0 radical (unpaired) electrons. The van der Waals surface area contributed by atoms with E-state index >= 15 is 0 Å². The lowest BCUT2D eigenvalue weighted by Gasteiger charge is -2.11. The van der Waals surface area contributed by atoms with Crippen LogP contribution in [-0.4, -0.2) is 22.2 Å². The average Bonchev–Trinajstić information content (AvgIpc) is 2.88. The molecule has 22 heavy (non-hydrogen) atoms. The highest BCUT2D eigenvalue weighted by atomic mass is 19.1. The first-order valence-electron chi connectivity index (χ1n) is 6.68. The molecule has 114 valence electrons. The summed E-state index contributed by atoms with van der Waals surface area (Å²) < 4.78 is 33.1. The number of halogens is 2. The fraction of sp³-hybridized carbons (Fsp3) is 0.200. The molecule has 0 saturated carbocycles. The van der Waals surface area contributed by atoms with E-state index in [1.807, 2.05) is 13.0 Å². The Morgan fingerprint density at radius 3 is 2.91 bits per heavy atom. The van der Waals surface area contributed by atoms with Gasteiger partial charge in [0.15, 0.2) is 23.0 Å². The SMILES string of the molecule is CNc1ccc(F)c(OCc2cnc3n[nH]c(C)c3c2)c1F. The molecule has 0 aliphatic rings. The second-order valence-electron chi connectivity index (χ2n) is 4.84. The minimum atomic E-state index is -0.754. The van der Waals surface area contributed by atoms with Crippen molar-refractivity contribution < 1.29 is 13.5 Å². The Labute approximate surface area is 125 Å². The Morgan fingerprint density at radius 2 is 2.14 bits per heavy atom. The Bertz CT molecular complexity index is 832. The van der Waals surface area contributed by atoms with Crippen LogP contribution in [0.25, 0.3) is 11.0 Å². The summed E-state index contributed by atoms with van der Waals surface area (Å²) in [5, 5.41) is 10.3. The van der Waals surface area contributed by atoms with Gasteiger partial charge in [-0.2, -0.15) is 5.10 Å². The molecular weight excluding hydrogens is 290 g/mol. The molecule has 3 aromatic rings. The van der Waals surface area contributed by atoms with E-state index in [4.69, 9.17) is 4.74 Å². The number of H-pyrrole nitrogens is 1. The molecule has 0 unspecified atom stereocenters. The number of aromatic amines is 1. The van der Waals surface area contributed by atoms with Crippen molar-refractivity contribution in [2.24, 2.45) is 0 Å². The second kappa shape index (κ2) is 5.59. The van der Waals surface area contributed by atoms with Crippen LogP contribution in [0.2, 0.25) is 0 Å². The van der Waals surface area contributed by atoms with Gasteiger partial charge in [-0.1, -0.05) is 0 Å². The van der Waals surface area contributed by atoms with E-state index in [9.17, 15) is 8.78 Å². The van der Waals surface area contributed by atoms with Gasteiger partial charge in [0.2, 0.25) is 0 Å². The summed E-state index contributed by atoms with van der Waals surface area (Å²) in [5.74, 6) is -1.91. The topological polar surface area (TPSA) is 62.8 Å². The van der Waals surface area contributed by atoms with Gasteiger partial charge in [0, 0.05) is 29.9 Å². The largest absolute Gasteiger partial charge is 0.483 e. The maximum Gasteiger partial charge on any atom is 0.193 e. The first-order chi connectivity index (χ1) is 10.6. The summed E-state index contributed by atoms with van der Waals surface area (Å²) in [5.41, 5.74) is 2.34. The maximum absolute atomic E-state index is 14.0. The summed E-state index contributed by atoms with van der Waals surface area (Å²) in [6.07, 6.45) is 1.57. The molecule has 0 spiro atoms. The zero-order valence-corrected chi connectivity index (χ0v) is 12.1. The van der Waals surface area contributed by atoms with Gasteiger partial charge in [-0.05, 0) is 25.1 Å². The van der Waals surface area contributed by atoms with Gasteiger partial charge in [0.05, 0.1) is 5.69 Å². The molecule has 7 heteroatoms. The molecule has 5 nitrogen and oxygen atoms in total. The standard InChI is InChI=1S/C15H14F2N4O/c1-8-10-5-9(6-19-15(10)21-20-8)7-22-14-11(16)3-4-12(18-2)13(14)17/h3-6,18H,7H2,1-2H3,(H,19,20,21). The first kappa shape index (κ1) is 14.2. The van der Waals surface area contributed by atoms with Crippen molar-refractivity contribution in [3.05, 3.63) is 47.3 Å². The highest BCUT2D eigenvalue weighted by Crippen LogP contribution is 2.28. The number of nitrogens with zero attached hydrogens (tertiary/aromatic N) is 2. The van der Waals surface area contributed by atoms with E-state index in [-0.39, 0.29) is 12.3 Å². The highest BCUT2D eigenvalue weighted by Gasteiger charge is 2.15. The zero-order valence-electron chi connectivity index (χ0n) is 12.1. The van der Waals surface area contributed by atoms with Crippen molar-refractivity contribution in [1.82, 2.24) is 15.2 Å². The van der Waals surface area contributed by atoms with Crippen molar-refractivity contribution in [2.45, 2.75) is 13.5 Å². The van der Waals surface area contributed by atoms with Crippen molar-refractivity contribution >= 4 is 16.7 Å². The zero-order chi connectivity index (χ0) is 15.7. The van der Waals surface area contributed by atoms with Crippen molar-refractivity contribution in [3.63, 3.8) is 0 Å². The van der Waals surface area contributed by atoms with E-state index in [2.05, 4.69) is 20.5 Å². The van der Waals surface area contributed by atoms with Crippen molar-refractivity contribution in [3.8, 4) is 5.75 Å². The number of fused-ring (bicyclic) bond motifs is 1. The fourth-order valence-electron chi connectivity index (χ4n) is 2.16. The quantitative estimate of drug-likeness (QED) is 0.777. The third kappa shape index (κ3) is 2.45. The van der Waals surface area contributed by atoms with E-state index in [0.29, 0.717) is 11.2 Å². The molecule has 0 atom stereocenters. The number of aromatic nitrogens is 3. The molecule has 2 aromatic heterocycles. The smallest absolute Gasteiger partial charge is 0.193 e. The minimum Gasteiger partial charge on any atom is -0.483 e. The van der Waals surface area contributed by atoms with Crippen LogP contribution in [0.5, 0.6) is 5.75 Å². The van der Waals surface area contributed by atoms with E-state index in [1.165, 1.54) is 6.07 Å². The van der Waals surface area contributed by atoms with Crippen molar-refractivity contribution in [1.29, 1.82) is 0 Å². The average molecular weight is 304 g/mol. The van der Waals surface area contributed by atoms with Crippen molar-refractivity contribution in [2.75, 3.05) is 12.4 Å². The van der Waals surface area contributed by atoms with E-state index in [0.717, 1.165) is 17.1 Å². The van der Waals surface area contributed by atoms with Gasteiger partial charge >= 0.3 is 0 Å². The normalized spacial score (nSPS) is 10.9. The molecule has 3 rings (SSSR count). The Morgan fingerprint density at radius 1 is 1.32 bits per heavy atom. The van der Waals surface area contributed by atoms with Crippen LogP contribution in [0.15, 0.2) is 24.4 Å². The molecule has 0 fully saturated rings. The van der Waals surface area contributed by atoms with Crippen LogP contribution in [-0.2, 0) is 6.61 Å². The summed E-state index contributed by atoms with van der Waals surface area (Å²) in [4.78, 5) is 4.17. The number of aryl methyl sites for hydroxylation is 1. The summed E-state index contributed by atoms with van der Waals surface area (Å²) in [6.45, 7) is 1.88. The molecule has 0 saturated heterocycles. The highest BCUT2D eigenvalue weighted by molar-refractivity contribution is 5.77. The number of nitrogens with one attached hydrogen (secondary N) is 2. The van der Waals surface area contributed by atoms with Gasteiger partial charge in [-0.15, -0.1) is 0 Å². The summed E-state index contributed by atoms with van der Waals surface area (Å²) >= 11 is 0. The number of anilines is 1. The third-order valence-corrected chi connectivity index (χ3v) is 3.36. The number of pyridine rings is 1. The lowest BCUT2D eigenvalue weighted by Crippen LogP contribution is -2.03. The van der Waals surface area contributed by atoms with Gasteiger partial charge in [0.1, 0.15) is 6.61 Å². The Kier molecular flexibility index (Phi) is 3.62. The Hall–Kier alpha value is -2.70. The lowest BCUT2D eigenvalue weighted by atomic mass is 10.2. The van der Waals surface area contributed by atoms with Crippen LogP contribution in [0.1, 0.15) is 11.3 Å². The molecule has 1 aromatic carbocycles. The van der Waals surface area contributed by atoms with Gasteiger partial charge in [-0.3, -0.25) is 5.10 Å². The lowest BCUT2D eigenvalue weighted by molar-refractivity contribution is 0.274. The fourth-order valence-corrected chi connectivity index (χ4v) is 2.16. The molecule has 0 bridgehead atoms. The summed E-state index contributed by atoms with van der Waals surface area (Å²) in [6, 6.07) is 4.31. The molecule has 0 aliphatic heterocycles. The monoisotopic (exact) mass is 304 g/mol. The molecule has 2 heterocycles. The predicted octanol–water partition coefficient (Wildman–Crippen LogP) is 3.17. The molecule has 2 N–H and O–H groups in total. The van der Waals surface area contributed by atoms with Crippen LogP contribution >= 0.6 is 0 Å². The minimum absolute atomic E-state index is 0.00850. The number of hydrogen-bond donors (Lipinski definition) is 2. The van der Waals surface area contributed by atoms with E-state index in [1.54, 1.807) is 13.2 Å². The number of ether oxygens (including phenoxy) is 1. The maximum atomic E-state index is 14.0. The molecule has 0 amide bonds. The van der Waals surface area contributed by atoms with Crippen LogP contribution < -0.4 is 10.1 Å². The van der Waals surface area contributed by atoms with Gasteiger partial charge < -0.3 is 10.1 Å². The number of benzene rings is 1. The predicted molar refractivity (Wildman–Crippen MR) is 78.9 cm³/mol. The van der Waals surface area contributed by atoms with Crippen LogP contribution in [0, 0.1) is 18.6 Å². The van der Waals surface area contributed by atoms with E-state index < -0.39 is 17.4 Å². The van der Waals surface area contributed by atoms with Crippen LogP contribution in [0.4, 0.5) is 14.5 Å². The molecule has 0 aliphatic carbocycles. The third-order valence-electron chi connectivity index (χ3n) is 3.36. The second-order valence-corrected chi connectivity index (χ2v) is 4.84. The summed E-state index contributed by atoms with van der Waals surface area (Å²) in [7, 11) is 1.56.